The van der Waals surface area contributed by atoms with E-state index in [-0.39, 0.29) is 24.4 Å². The van der Waals surface area contributed by atoms with Crippen molar-refractivity contribution in [1.82, 2.24) is 4.90 Å². The zero-order valence-electron chi connectivity index (χ0n) is 13.1. The number of carbonyl (C=O) groups is 2. The van der Waals surface area contributed by atoms with Crippen LogP contribution in [0.4, 0.5) is 5.69 Å². The zero-order valence-corrected chi connectivity index (χ0v) is 13.1. The summed E-state index contributed by atoms with van der Waals surface area (Å²) in [5, 5.41) is 0. The highest BCUT2D eigenvalue weighted by Gasteiger charge is 2.36. The van der Waals surface area contributed by atoms with Crippen LogP contribution in [0.25, 0.3) is 0 Å². The molecule has 2 unspecified atom stereocenters. The second kappa shape index (κ2) is 5.99. The molecule has 0 aromatic heterocycles. The Balaban J connectivity index is 1.84. The summed E-state index contributed by atoms with van der Waals surface area (Å²) in [6.07, 6.45) is 2.62. The SMILES string of the molecule is CC(=O)N1CC(C(=O)N2CCCCC2C)Oc2ccccc21. The van der Waals surface area contributed by atoms with Gasteiger partial charge in [0, 0.05) is 19.5 Å². The van der Waals surface area contributed by atoms with Gasteiger partial charge in [-0.3, -0.25) is 9.59 Å². The molecule has 2 atom stereocenters. The van der Waals surface area contributed by atoms with Gasteiger partial charge in [0.05, 0.1) is 12.2 Å². The molecule has 0 saturated carbocycles. The maximum Gasteiger partial charge on any atom is 0.265 e. The van der Waals surface area contributed by atoms with E-state index in [1.165, 1.54) is 13.3 Å². The third-order valence-corrected chi connectivity index (χ3v) is 4.52. The van der Waals surface area contributed by atoms with Crippen molar-refractivity contribution in [3.63, 3.8) is 0 Å². The van der Waals surface area contributed by atoms with Crippen LogP contribution in [0, 0.1) is 0 Å². The molecule has 0 spiro atoms. The van der Waals surface area contributed by atoms with E-state index >= 15 is 0 Å². The topological polar surface area (TPSA) is 49.9 Å². The Morgan fingerprint density at radius 2 is 2.00 bits per heavy atom. The van der Waals surface area contributed by atoms with E-state index in [1.807, 2.05) is 29.2 Å². The van der Waals surface area contributed by atoms with E-state index < -0.39 is 6.10 Å². The van der Waals surface area contributed by atoms with Crippen LogP contribution < -0.4 is 9.64 Å². The summed E-state index contributed by atoms with van der Waals surface area (Å²) >= 11 is 0. The highest BCUT2D eigenvalue weighted by atomic mass is 16.5. The van der Waals surface area contributed by atoms with Gasteiger partial charge < -0.3 is 14.5 Å². The molecule has 2 aliphatic heterocycles. The van der Waals surface area contributed by atoms with E-state index in [0.29, 0.717) is 5.75 Å². The second-order valence-electron chi connectivity index (χ2n) is 6.08. The van der Waals surface area contributed by atoms with Gasteiger partial charge in [-0.1, -0.05) is 12.1 Å². The van der Waals surface area contributed by atoms with E-state index in [0.717, 1.165) is 25.1 Å². The van der Waals surface area contributed by atoms with Crippen molar-refractivity contribution < 1.29 is 14.3 Å². The van der Waals surface area contributed by atoms with Gasteiger partial charge in [-0.25, -0.2) is 0 Å². The van der Waals surface area contributed by atoms with Crippen LogP contribution in [-0.4, -0.2) is 41.9 Å². The Hall–Kier alpha value is -2.04. The Bertz CT molecular complexity index is 587. The lowest BCUT2D eigenvalue weighted by Gasteiger charge is -2.39. The number of likely N-dealkylation sites (tertiary alicyclic amines) is 1. The van der Waals surface area contributed by atoms with Gasteiger partial charge in [-0.2, -0.15) is 0 Å². The predicted octanol–water partition coefficient (Wildman–Crippen LogP) is 2.20. The number of fused-ring (bicyclic) bond motifs is 1. The third-order valence-electron chi connectivity index (χ3n) is 4.52. The smallest absolute Gasteiger partial charge is 0.265 e. The van der Waals surface area contributed by atoms with Crippen LogP contribution >= 0.6 is 0 Å². The standard InChI is InChI=1S/C17H22N2O3/c1-12-7-5-6-10-18(12)17(21)16-11-19(13(2)20)14-8-3-4-9-15(14)22-16/h3-4,8-9,12,16H,5-7,10-11H2,1-2H3. The number of amides is 2. The van der Waals surface area contributed by atoms with Crippen molar-refractivity contribution in [2.45, 2.75) is 45.3 Å². The largest absolute Gasteiger partial charge is 0.476 e. The minimum Gasteiger partial charge on any atom is -0.476 e. The quantitative estimate of drug-likeness (QED) is 0.799. The van der Waals surface area contributed by atoms with Crippen molar-refractivity contribution in [3.8, 4) is 5.75 Å². The Morgan fingerprint density at radius 1 is 1.23 bits per heavy atom. The molecule has 2 amide bonds. The third kappa shape index (κ3) is 2.67. The number of anilines is 1. The molecule has 5 heteroatoms. The van der Waals surface area contributed by atoms with E-state index in [1.54, 1.807) is 4.90 Å². The lowest BCUT2D eigenvalue weighted by molar-refractivity contribution is -0.142. The van der Waals surface area contributed by atoms with Crippen LogP contribution in [0.2, 0.25) is 0 Å². The van der Waals surface area contributed by atoms with Crippen molar-refractivity contribution in [1.29, 1.82) is 0 Å². The summed E-state index contributed by atoms with van der Waals surface area (Å²) in [5.74, 6) is 0.528. The highest BCUT2D eigenvalue weighted by Crippen LogP contribution is 2.34. The molecule has 5 nitrogen and oxygen atoms in total. The summed E-state index contributed by atoms with van der Waals surface area (Å²) in [6.45, 7) is 4.67. The summed E-state index contributed by atoms with van der Waals surface area (Å²) in [4.78, 5) is 28.3. The molecule has 118 valence electrons. The van der Waals surface area contributed by atoms with Crippen LogP contribution in [0.5, 0.6) is 5.75 Å². The fraction of sp³-hybridized carbons (Fsp3) is 0.529. The van der Waals surface area contributed by atoms with Gasteiger partial charge in [-0.05, 0) is 38.3 Å². The summed E-state index contributed by atoms with van der Waals surface area (Å²) in [6, 6.07) is 7.62. The number of piperidine rings is 1. The van der Waals surface area contributed by atoms with Gasteiger partial charge >= 0.3 is 0 Å². The molecule has 1 fully saturated rings. The molecule has 1 saturated heterocycles. The first-order valence-electron chi connectivity index (χ1n) is 7.92. The molecular weight excluding hydrogens is 280 g/mol. The Kier molecular flexibility index (Phi) is 4.05. The summed E-state index contributed by atoms with van der Waals surface area (Å²) < 4.78 is 5.89. The fourth-order valence-corrected chi connectivity index (χ4v) is 3.27. The number of nitrogens with zero attached hydrogens (tertiary/aromatic N) is 2. The minimum atomic E-state index is -0.612. The molecule has 3 rings (SSSR count). The van der Waals surface area contributed by atoms with Crippen LogP contribution in [-0.2, 0) is 9.59 Å². The summed E-state index contributed by atoms with van der Waals surface area (Å²) in [7, 11) is 0. The minimum absolute atomic E-state index is 0.00652. The van der Waals surface area contributed by atoms with Crippen LogP contribution in [0.15, 0.2) is 24.3 Å². The highest BCUT2D eigenvalue weighted by molar-refractivity contribution is 5.95. The molecule has 0 N–H and O–H groups in total. The number of hydrogen-bond acceptors (Lipinski definition) is 3. The lowest BCUT2D eigenvalue weighted by atomic mass is 10.0. The molecule has 2 heterocycles. The maximum absolute atomic E-state index is 12.8. The molecule has 2 aliphatic rings. The van der Waals surface area contributed by atoms with Crippen molar-refractivity contribution in [2.24, 2.45) is 0 Å². The van der Waals surface area contributed by atoms with E-state index in [9.17, 15) is 9.59 Å². The van der Waals surface area contributed by atoms with Gasteiger partial charge in [0.25, 0.3) is 5.91 Å². The monoisotopic (exact) mass is 302 g/mol. The Labute approximate surface area is 130 Å². The number of carbonyl (C=O) groups excluding carboxylic acids is 2. The van der Waals surface area contributed by atoms with Crippen LogP contribution in [0.3, 0.4) is 0 Å². The fourth-order valence-electron chi connectivity index (χ4n) is 3.27. The molecular formula is C17H22N2O3. The average molecular weight is 302 g/mol. The first-order valence-corrected chi connectivity index (χ1v) is 7.92. The number of para-hydroxylation sites is 2. The number of rotatable bonds is 1. The molecule has 1 aromatic carbocycles. The van der Waals surface area contributed by atoms with Crippen molar-refractivity contribution >= 4 is 17.5 Å². The Morgan fingerprint density at radius 3 is 2.73 bits per heavy atom. The molecule has 22 heavy (non-hydrogen) atoms. The average Bonchev–Trinajstić information content (AvgIpc) is 2.53. The van der Waals surface area contributed by atoms with E-state index in [2.05, 4.69) is 6.92 Å². The van der Waals surface area contributed by atoms with Gasteiger partial charge in [0.15, 0.2) is 6.10 Å². The molecule has 0 bridgehead atoms. The van der Waals surface area contributed by atoms with Crippen molar-refractivity contribution in [2.75, 3.05) is 18.0 Å². The second-order valence-corrected chi connectivity index (χ2v) is 6.08. The number of benzene rings is 1. The van der Waals surface area contributed by atoms with Crippen molar-refractivity contribution in [3.05, 3.63) is 24.3 Å². The molecule has 0 radical (unpaired) electrons. The van der Waals surface area contributed by atoms with Gasteiger partial charge in [0.1, 0.15) is 5.75 Å². The molecule has 1 aromatic rings. The van der Waals surface area contributed by atoms with Gasteiger partial charge in [-0.15, -0.1) is 0 Å². The van der Waals surface area contributed by atoms with E-state index in [4.69, 9.17) is 4.74 Å². The first kappa shape index (κ1) is 14.9. The maximum atomic E-state index is 12.8. The lowest BCUT2D eigenvalue weighted by Crippen LogP contribution is -2.54. The normalized spacial score (nSPS) is 24.5. The summed E-state index contributed by atoms with van der Waals surface area (Å²) in [5.41, 5.74) is 0.741. The number of ether oxygens (including phenoxy) is 1. The number of hydrogen-bond donors (Lipinski definition) is 0. The van der Waals surface area contributed by atoms with Gasteiger partial charge in [0.2, 0.25) is 5.91 Å². The molecule has 0 aliphatic carbocycles. The van der Waals surface area contributed by atoms with Crippen LogP contribution in [0.1, 0.15) is 33.1 Å². The predicted molar refractivity (Wildman–Crippen MR) is 83.9 cm³/mol. The zero-order chi connectivity index (χ0) is 15.7. The first-order chi connectivity index (χ1) is 10.6.